The molecule has 2 aromatic rings. The molecule has 106 valence electrons. The van der Waals surface area contributed by atoms with Crippen molar-refractivity contribution in [2.45, 2.75) is 13.3 Å². The lowest BCUT2D eigenvalue weighted by Gasteiger charge is -2.10. The van der Waals surface area contributed by atoms with E-state index in [1.807, 2.05) is 37.3 Å². The van der Waals surface area contributed by atoms with E-state index in [2.05, 4.69) is 17.2 Å². The molecule has 0 bridgehead atoms. The molecule has 2 N–H and O–H groups in total. The molecule has 3 heteroatoms. The maximum atomic E-state index is 12.4. The molecule has 2 aromatic carbocycles. The summed E-state index contributed by atoms with van der Waals surface area (Å²) in [5, 5.41) is 11.7. The first-order chi connectivity index (χ1) is 10.3. The molecule has 0 unspecified atom stereocenters. The lowest BCUT2D eigenvalue weighted by atomic mass is 10.1. The second-order valence-electron chi connectivity index (χ2n) is 4.47. The molecule has 0 fully saturated rings. The Kier molecular flexibility index (Phi) is 5.14. The number of amides is 1. The van der Waals surface area contributed by atoms with Gasteiger partial charge < -0.3 is 10.4 Å². The van der Waals surface area contributed by atoms with Gasteiger partial charge in [0.15, 0.2) is 0 Å². The Labute approximate surface area is 124 Å². The lowest BCUT2D eigenvalue weighted by Crippen LogP contribution is -2.14. The van der Waals surface area contributed by atoms with Crippen LogP contribution in [0.4, 0.5) is 5.69 Å². The minimum Gasteiger partial charge on any atom is -0.384 e. The van der Waals surface area contributed by atoms with Crippen LogP contribution in [0.2, 0.25) is 0 Å². The van der Waals surface area contributed by atoms with Gasteiger partial charge in [0.05, 0.1) is 5.56 Å². The molecule has 0 radical (unpaired) electrons. The molecule has 0 aliphatic heterocycles. The fourth-order valence-corrected chi connectivity index (χ4v) is 2.07. The third-order valence-electron chi connectivity index (χ3n) is 3.12. The second kappa shape index (κ2) is 7.28. The summed E-state index contributed by atoms with van der Waals surface area (Å²) in [6, 6.07) is 14.8. The van der Waals surface area contributed by atoms with Crippen LogP contribution in [0.3, 0.4) is 0 Å². The molecule has 0 aromatic heterocycles. The SMILES string of the molecule is CCc1ccccc1NC(=O)c1ccccc1C#CCO. The number of rotatable bonds is 3. The molecule has 0 heterocycles. The second-order valence-corrected chi connectivity index (χ2v) is 4.47. The first-order valence-corrected chi connectivity index (χ1v) is 6.84. The Hall–Kier alpha value is -2.57. The molecule has 0 saturated carbocycles. The van der Waals surface area contributed by atoms with E-state index in [4.69, 9.17) is 5.11 Å². The van der Waals surface area contributed by atoms with Crippen LogP contribution in [0.5, 0.6) is 0 Å². The first-order valence-electron chi connectivity index (χ1n) is 6.84. The fraction of sp³-hybridized carbons (Fsp3) is 0.167. The van der Waals surface area contributed by atoms with Crippen molar-refractivity contribution in [2.24, 2.45) is 0 Å². The molecule has 21 heavy (non-hydrogen) atoms. The number of hydrogen-bond donors (Lipinski definition) is 2. The Morgan fingerprint density at radius 2 is 1.86 bits per heavy atom. The number of benzene rings is 2. The van der Waals surface area contributed by atoms with Crippen molar-refractivity contribution in [2.75, 3.05) is 11.9 Å². The van der Waals surface area contributed by atoms with E-state index >= 15 is 0 Å². The minimum absolute atomic E-state index is 0.196. The number of aryl methyl sites for hydroxylation is 1. The van der Waals surface area contributed by atoms with E-state index in [1.54, 1.807) is 18.2 Å². The van der Waals surface area contributed by atoms with Crippen molar-refractivity contribution in [3.63, 3.8) is 0 Å². The summed E-state index contributed by atoms with van der Waals surface area (Å²) in [6.45, 7) is 1.82. The number of anilines is 1. The molecule has 0 atom stereocenters. The average Bonchev–Trinajstić information content (AvgIpc) is 2.53. The molecular weight excluding hydrogens is 262 g/mol. The summed E-state index contributed by atoms with van der Waals surface area (Å²) in [6.07, 6.45) is 0.850. The van der Waals surface area contributed by atoms with Crippen LogP contribution in [0, 0.1) is 11.8 Å². The number of hydrogen-bond acceptors (Lipinski definition) is 2. The fourth-order valence-electron chi connectivity index (χ4n) is 2.07. The Morgan fingerprint density at radius 3 is 2.62 bits per heavy atom. The minimum atomic E-state index is -0.228. The number of para-hydroxylation sites is 1. The Bertz CT molecular complexity index is 696. The van der Waals surface area contributed by atoms with E-state index in [0.717, 1.165) is 17.7 Å². The van der Waals surface area contributed by atoms with Crippen molar-refractivity contribution in [3.8, 4) is 11.8 Å². The monoisotopic (exact) mass is 279 g/mol. The van der Waals surface area contributed by atoms with Gasteiger partial charge >= 0.3 is 0 Å². The predicted octanol–water partition coefficient (Wildman–Crippen LogP) is 2.85. The van der Waals surface area contributed by atoms with Gasteiger partial charge in [-0.05, 0) is 30.2 Å². The highest BCUT2D eigenvalue weighted by atomic mass is 16.2. The van der Waals surface area contributed by atoms with Gasteiger partial charge in [-0.3, -0.25) is 4.79 Å². The highest BCUT2D eigenvalue weighted by Gasteiger charge is 2.11. The zero-order chi connectivity index (χ0) is 15.1. The standard InChI is InChI=1S/C18H17NO2/c1-2-14-8-4-6-12-17(14)19-18(21)16-11-5-3-9-15(16)10-7-13-20/h3-6,8-9,11-12,20H,2,13H2,1H3,(H,19,21). The molecule has 3 nitrogen and oxygen atoms in total. The molecule has 2 rings (SSSR count). The van der Waals surface area contributed by atoms with Gasteiger partial charge in [0.25, 0.3) is 5.91 Å². The summed E-state index contributed by atoms with van der Waals surface area (Å²) in [5.74, 6) is 5.17. The van der Waals surface area contributed by atoms with Gasteiger partial charge in [-0.1, -0.05) is 49.1 Å². The smallest absolute Gasteiger partial charge is 0.256 e. The number of carbonyl (C=O) groups excluding carboxylic acids is 1. The Balaban J connectivity index is 2.29. The summed E-state index contributed by atoms with van der Waals surface area (Å²) >= 11 is 0. The highest BCUT2D eigenvalue weighted by Crippen LogP contribution is 2.17. The van der Waals surface area contributed by atoms with Crippen molar-refractivity contribution >= 4 is 11.6 Å². The van der Waals surface area contributed by atoms with E-state index in [9.17, 15) is 4.79 Å². The third kappa shape index (κ3) is 3.71. The summed E-state index contributed by atoms with van der Waals surface area (Å²) in [7, 11) is 0. The van der Waals surface area contributed by atoms with Gasteiger partial charge in [0.2, 0.25) is 0 Å². The van der Waals surface area contributed by atoms with Gasteiger partial charge in [-0.25, -0.2) is 0 Å². The molecule has 0 aliphatic carbocycles. The maximum absolute atomic E-state index is 12.4. The van der Waals surface area contributed by atoms with Gasteiger partial charge in [0.1, 0.15) is 6.61 Å². The summed E-state index contributed by atoms with van der Waals surface area (Å²) in [4.78, 5) is 12.4. The summed E-state index contributed by atoms with van der Waals surface area (Å²) < 4.78 is 0. The average molecular weight is 279 g/mol. The number of aliphatic hydroxyl groups excluding tert-OH is 1. The van der Waals surface area contributed by atoms with Gasteiger partial charge in [0, 0.05) is 11.3 Å². The number of carbonyl (C=O) groups is 1. The normalized spacial score (nSPS) is 9.62. The lowest BCUT2D eigenvalue weighted by molar-refractivity contribution is 0.102. The van der Waals surface area contributed by atoms with Crippen molar-refractivity contribution < 1.29 is 9.90 Å². The Morgan fingerprint density at radius 1 is 1.14 bits per heavy atom. The van der Waals surface area contributed by atoms with E-state index < -0.39 is 0 Å². The highest BCUT2D eigenvalue weighted by molar-refractivity contribution is 6.06. The molecule has 0 aliphatic rings. The number of nitrogens with one attached hydrogen (secondary N) is 1. The predicted molar refractivity (Wildman–Crippen MR) is 84.2 cm³/mol. The quantitative estimate of drug-likeness (QED) is 0.849. The molecule has 0 spiro atoms. The van der Waals surface area contributed by atoms with Crippen molar-refractivity contribution in [3.05, 3.63) is 65.2 Å². The van der Waals surface area contributed by atoms with Crippen LogP contribution in [-0.2, 0) is 6.42 Å². The first kappa shape index (κ1) is 14.8. The number of aliphatic hydroxyl groups is 1. The largest absolute Gasteiger partial charge is 0.384 e. The van der Waals surface area contributed by atoms with Gasteiger partial charge in [-0.15, -0.1) is 0 Å². The maximum Gasteiger partial charge on any atom is 0.256 e. The van der Waals surface area contributed by atoms with Crippen LogP contribution in [0.15, 0.2) is 48.5 Å². The van der Waals surface area contributed by atoms with Crippen LogP contribution < -0.4 is 5.32 Å². The summed E-state index contributed by atoms with van der Waals surface area (Å²) in [5.41, 5.74) is 3.02. The molecule has 1 amide bonds. The van der Waals surface area contributed by atoms with Crippen molar-refractivity contribution in [1.82, 2.24) is 0 Å². The zero-order valence-corrected chi connectivity index (χ0v) is 11.9. The van der Waals surface area contributed by atoms with E-state index in [0.29, 0.717) is 11.1 Å². The van der Waals surface area contributed by atoms with Crippen molar-refractivity contribution in [1.29, 1.82) is 0 Å². The van der Waals surface area contributed by atoms with Crippen LogP contribution in [-0.4, -0.2) is 17.6 Å². The van der Waals surface area contributed by atoms with Crippen LogP contribution in [0.1, 0.15) is 28.4 Å². The van der Waals surface area contributed by atoms with Crippen LogP contribution >= 0.6 is 0 Å². The topological polar surface area (TPSA) is 49.3 Å². The van der Waals surface area contributed by atoms with E-state index in [-0.39, 0.29) is 12.5 Å². The van der Waals surface area contributed by atoms with E-state index in [1.165, 1.54) is 0 Å². The molecule has 0 saturated heterocycles. The molecular formula is C18H17NO2. The zero-order valence-electron chi connectivity index (χ0n) is 11.9. The van der Waals surface area contributed by atoms with Crippen LogP contribution in [0.25, 0.3) is 0 Å². The van der Waals surface area contributed by atoms with Gasteiger partial charge in [-0.2, -0.15) is 0 Å². The third-order valence-corrected chi connectivity index (χ3v) is 3.12.